The van der Waals surface area contributed by atoms with Crippen LogP contribution in [-0.4, -0.2) is 0 Å². The zero-order valence-electron chi connectivity index (χ0n) is 20.5. The molecule has 1 saturated carbocycles. The van der Waals surface area contributed by atoms with Crippen LogP contribution in [0.25, 0.3) is 0 Å². The Labute approximate surface area is 200 Å². The van der Waals surface area contributed by atoms with Crippen LogP contribution in [0.5, 0.6) is 0 Å². The summed E-state index contributed by atoms with van der Waals surface area (Å²) in [5.41, 5.74) is 9.48. The van der Waals surface area contributed by atoms with Crippen LogP contribution in [-0.2, 0) is 6.42 Å². The van der Waals surface area contributed by atoms with Gasteiger partial charge < -0.3 is 0 Å². The number of hydrogen-bond donors (Lipinski definition) is 0. The van der Waals surface area contributed by atoms with Crippen molar-refractivity contribution in [3.63, 3.8) is 0 Å². The van der Waals surface area contributed by atoms with Crippen molar-refractivity contribution >= 4 is 0 Å². The molecule has 0 bridgehead atoms. The molecule has 33 heavy (non-hydrogen) atoms. The molecule has 1 aliphatic carbocycles. The third-order valence-electron chi connectivity index (χ3n) is 7.03. The fraction of sp³-hybridized carbons (Fsp3) is 0.333. The van der Waals surface area contributed by atoms with E-state index in [0.29, 0.717) is 0 Å². The molecule has 0 radical (unpaired) electrons. The van der Waals surface area contributed by atoms with Crippen LogP contribution in [0.1, 0.15) is 77.1 Å². The molecule has 0 unspecified atom stereocenters. The van der Waals surface area contributed by atoms with Gasteiger partial charge in [0, 0.05) is 22.3 Å². The van der Waals surface area contributed by atoms with E-state index in [1.807, 2.05) is 0 Å². The lowest BCUT2D eigenvalue weighted by Gasteiger charge is -2.26. The van der Waals surface area contributed by atoms with E-state index in [0.717, 1.165) is 34.1 Å². The summed E-state index contributed by atoms with van der Waals surface area (Å²) in [4.78, 5) is 0. The highest BCUT2D eigenvalue weighted by Crippen LogP contribution is 2.30. The van der Waals surface area contributed by atoms with E-state index < -0.39 is 0 Å². The minimum atomic E-state index is 0.860. The van der Waals surface area contributed by atoms with Crippen molar-refractivity contribution in [1.82, 2.24) is 0 Å². The molecule has 3 aromatic rings. The zero-order chi connectivity index (χ0) is 23.2. The molecule has 1 aliphatic rings. The molecule has 4 rings (SSSR count). The molecule has 0 aromatic heterocycles. The lowest BCUT2D eigenvalue weighted by atomic mass is 9.80. The zero-order valence-corrected chi connectivity index (χ0v) is 20.5. The fourth-order valence-corrected chi connectivity index (χ4v) is 4.61. The van der Waals surface area contributed by atoms with Crippen LogP contribution in [0, 0.1) is 56.3 Å². The van der Waals surface area contributed by atoms with Gasteiger partial charge in [0.2, 0.25) is 0 Å². The topological polar surface area (TPSA) is 0 Å². The van der Waals surface area contributed by atoms with E-state index in [2.05, 4.69) is 112 Å². The van der Waals surface area contributed by atoms with Crippen LogP contribution < -0.4 is 0 Å². The maximum atomic E-state index is 3.33. The van der Waals surface area contributed by atoms with Crippen molar-refractivity contribution in [3.05, 3.63) is 105 Å². The average Bonchev–Trinajstić information content (AvgIpc) is 2.82. The molecule has 0 N–H and O–H groups in total. The van der Waals surface area contributed by atoms with Crippen molar-refractivity contribution in [1.29, 1.82) is 0 Å². The second kappa shape index (κ2) is 10.6. The standard InChI is InChI=1S/C33H34/c1-24-5-7-31(8-6-24)23-32-17-15-29(16-18-32)10-9-28-11-13-30(14-12-28)19-20-33-22-26(3)25(2)21-27(33)4/h11-18,21-22,24,31H,5-8,23H2,1-4H3. The molecule has 0 saturated heterocycles. The molecule has 0 nitrogen and oxygen atoms in total. The smallest absolute Gasteiger partial charge is 0.0281 e. The van der Waals surface area contributed by atoms with E-state index in [4.69, 9.17) is 0 Å². The van der Waals surface area contributed by atoms with Crippen molar-refractivity contribution < 1.29 is 0 Å². The Balaban J connectivity index is 1.37. The summed E-state index contributed by atoms with van der Waals surface area (Å²) in [6.07, 6.45) is 6.76. The highest BCUT2D eigenvalue weighted by molar-refractivity contribution is 5.51. The summed E-state index contributed by atoms with van der Waals surface area (Å²) in [6.45, 7) is 8.79. The number of benzene rings is 3. The van der Waals surface area contributed by atoms with Gasteiger partial charge in [0.15, 0.2) is 0 Å². The van der Waals surface area contributed by atoms with Crippen LogP contribution in [0.2, 0.25) is 0 Å². The summed E-state index contributed by atoms with van der Waals surface area (Å²) >= 11 is 0. The highest BCUT2D eigenvalue weighted by atomic mass is 14.2. The van der Waals surface area contributed by atoms with E-state index >= 15 is 0 Å². The number of hydrogen-bond acceptors (Lipinski definition) is 0. The van der Waals surface area contributed by atoms with Crippen LogP contribution in [0.4, 0.5) is 0 Å². The lowest BCUT2D eigenvalue weighted by molar-refractivity contribution is 0.289. The van der Waals surface area contributed by atoms with Crippen molar-refractivity contribution in [2.24, 2.45) is 11.8 Å². The third-order valence-corrected chi connectivity index (χ3v) is 7.03. The van der Waals surface area contributed by atoms with Crippen molar-refractivity contribution in [3.8, 4) is 23.7 Å². The average molecular weight is 431 g/mol. The Hall–Kier alpha value is -3.22. The first kappa shape index (κ1) is 23.0. The van der Waals surface area contributed by atoms with Gasteiger partial charge in [-0.25, -0.2) is 0 Å². The molecule has 0 heterocycles. The molecule has 0 atom stereocenters. The Morgan fingerprint density at radius 3 is 1.67 bits per heavy atom. The van der Waals surface area contributed by atoms with Gasteiger partial charge in [0.1, 0.15) is 0 Å². The van der Waals surface area contributed by atoms with E-state index in [9.17, 15) is 0 Å². The maximum Gasteiger partial charge on any atom is 0.0281 e. The van der Waals surface area contributed by atoms with Crippen LogP contribution in [0.15, 0.2) is 60.7 Å². The Bertz CT molecular complexity index is 1210. The van der Waals surface area contributed by atoms with Crippen molar-refractivity contribution in [2.45, 2.75) is 59.8 Å². The van der Waals surface area contributed by atoms with E-state index in [1.165, 1.54) is 54.4 Å². The second-order valence-corrected chi connectivity index (χ2v) is 9.86. The molecule has 0 spiro atoms. The van der Waals surface area contributed by atoms with Gasteiger partial charge >= 0.3 is 0 Å². The monoisotopic (exact) mass is 430 g/mol. The minimum absolute atomic E-state index is 0.860. The van der Waals surface area contributed by atoms with Crippen LogP contribution in [0.3, 0.4) is 0 Å². The molecule has 0 heteroatoms. The number of rotatable bonds is 2. The highest BCUT2D eigenvalue weighted by Gasteiger charge is 2.18. The molecular formula is C33H34. The van der Waals surface area contributed by atoms with Gasteiger partial charge in [-0.15, -0.1) is 0 Å². The Morgan fingerprint density at radius 2 is 1.09 bits per heavy atom. The SMILES string of the molecule is Cc1cc(C)c(C#Cc2ccc(C#Cc3ccc(CC4CCC(C)CC4)cc3)cc2)cc1C. The Kier molecular flexibility index (Phi) is 7.37. The third kappa shape index (κ3) is 6.40. The number of aryl methyl sites for hydroxylation is 3. The van der Waals surface area contributed by atoms with Gasteiger partial charge in [0.25, 0.3) is 0 Å². The molecular weight excluding hydrogens is 396 g/mol. The quantitative estimate of drug-likeness (QED) is 0.364. The molecule has 0 amide bonds. The predicted molar refractivity (Wildman–Crippen MR) is 140 cm³/mol. The summed E-state index contributed by atoms with van der Waals surface area (Å²) in [7, 11) is 0. The van der Waals surface area contributed by atoms with E-state index in [1.54, 1.807) is 0 Å². The summed E-state index contributed by atoms with van der Waals surface area (Å²) < 4.78 is 0. The van der Waals surface area contributed by atoms with Gasteiger partial charge in [-0.05, 0) is 117 Å². The fourth-order valence-electron chi connectivity index (χ4n) is 4.61. The molecule has 3 aromatic carbocycles. The lowest BCUT2D eigenvalue weighted by Crippen LogP contribution is -2.14. The summed E-state index contributed by atoms with van der Waals surface area (Å²) in [5, 5.41) is 0. The van der Waals surface area contributed by atoms with Gasteiger partial charge in [-0.2, -0.15) is 0 Å². The van der Waals surface area contributed by atoms with Crippen molar-refractivity contribution in [2.75, 3.05) is 0 Å². The first-order chi connectivity index (χ1) is 16.0. The van der Waals surface area contributed by atoms with Gasteiger partial charge in [0.05, 0.1) is 0 Å². The normalized spacial score (nSPS) is 17.5. The second-order valence-electron chi connectivity index (χ2n) is 9.86. The van der Waals surface area contributed by atoms with Gasteiger partial charge in [-0.1, -0.05) is 61.6 Å². The predicted octanol–water partition coefficient (Wildman–Crippen LogP) is 7.78. The van der Waals surface area contributed by atoms with Gasteiger partial charge in [-0.3, -0.25) is 0 Å². The van der Waals surface area contributed by atoms with Crippen LogP contribution >= 0.6 is 0 Å². The Morgan fingerprint density at radius 1 is 0.606 bits per heavy atom. The molecule has 166 valence electrons. The molecule has 1 fully saturated rings. The summed E-state index contributed by atoms with van der Waals surface area (Å²) in [5.74, 6) is 15.0. The molecule has 0 aliphatic heterocycles. The maximum absolute atomic E-state index is 3.33. The summed E-state index contributed by atoms with van der Waals surface area (Å²) in [6, 6.07) is 21.5. The first-order valence-electron chi connectivity index (χ1n) is 12.3. The minimum Gasteiger partial charge on any atom is -0.0625 e. The first-order valence-corrected chi connectivity index (χ1v) is 12.3. The van der Waals surface area contributed by atoms with E-state index in [-0.39, 0.29) is 0 Å². The largest absolute Gasteiger partial charge is 0.0625 e.